The van der Waals surface area contributed by atoms with Gasteiger partial charge >= 0.3 is 5.97 Å². The molecule has 1 aliphatic carbocycles. The molecule has 0 atom stereocenters. The molecule has 0 unspecified atom stereocenters. The zero-order valence-electron chi connectivity index (χ0n) is 10.3. The standard InChI is InChI=1S/C12H17N3O3/c1-18-5-4-12(2-3-12)8-15-10-7-13-9(6-14-10)11(16)17/h6-7H,2-5,8H2,1H3,(H,14,15)(H,16,17). The zero-order chi connectivity index (χ0) is 13.0. The molecule has 0 spiro atoms. The number of nitrogens with zero attached hydrogens (tertiary/aromatic N) is 2. The number of rotatable bonds is 7. The Bertz CT molecular complexity index is 415. The Labute approximate surface area is 105 Å². The molecule has 0 aromatic carbocycles. The highest BCUT2D eigenvalue weighted by atomic mass is 16.5. The second kappa shape index (κ2) is 5.30. The molecule has 6 nitrogen and oxygen atoms in total. The van der Waals surface area contributed by atoms with Crippen molar-refractivity contribution in [1.29, 1.82) is 0 Å². The van der Waals surface area contributed by atoms with E-state index >= 15 is 0 Å². The number of carboxylic acids is 1. The van der Waals surface area contributed by atoms with Gasteiger partial charge in [0.15, 0.2) is 5.69 Å². The summed E-state index contributed by atoms with van der Waals surface area (Å²) in [6.45, 7) is 1.60. The van der Waals surface area contributed by atoms with E-state index in [9.17, 15) is 4.79 Å². The molecule has 1 fully saturated rings. The van der Waals surface area contributed by atoms with Gasteiger partial charge in [-0.2, -0.15) is 0 Å². The van der Waals surface area contributed by atoms with E-state index in [1.54, 1.807) is 7.11 Å². The average molecular weight is 251 g/mol. The fourth-order valence-electron chi connectivity index (χ4n) is 1.82. The molecule has 0 radical (unpaired) electrons. The van der Waals surface area contributed by atoms with Gasteiger partial charge in [-0.25, -0.2) is 14.8 Å². The molecular formula is C12H17N3O3. The van der Waals surface area contributed by atoms with E-state index in [-0.39, 0.29) is 5.69 Å². The van der Waals surface area contributed by atoms with Crippen LogP contribution in [0, 0.1) is 5.41 Å². The summed E-state index contributed by atoms with van der Waals surface area (Å²) >= 11 is 0. The third-order valence-corrected chi connectivity index (χ3v) is 3.31. The summed E-state index contributed by atoms with van der Waals surface area (Å²) in [4.78, 5) is 18.5. The normalized spacial score (nSPS) is 16.3. The lowest BCUT2D eigenvalue weighted by atomic mass is 10.0. The molecule has 1 heterocycles. The molecule has 1 saturated carbocycles. The number of ether oxygens (including phenoxy) is 1. The summed E-state index contributed by atoms with van der Waals surface area (Å²) in [5.74, 6) is -0.448. The maximum Gasteiger partial charge on any atom is 0.356 e. The number of carbonyl (C=O) groups is 1. The van der Waals surface area contributed by atoms with Gasteiger partial charge in [-0.05, 0) is 24.7 Å². The molecule has 0 aliphatic heterocycles. The largest absolute Gasteiger partial charge is 0.476 e. The highest BCUT2D eigenvalue weighted by Crippen LogP contribution is 2.48. The van der Waals surface area contributed by atoms with Crippen molar-refractivity contribution in [2.75, 3.05) is 25.6 Å². The SMILES string of the molecule is COCCC1(CNc2cnc(C(=O)O)cn2)CC1. The summed E-state index contributed by atoms with van der Waals surface area (Å²) < 4.78 is 5.09. The third-order valence-electron chi connectivity index (χ3n) is 3.31. The number of hydrogen-bond donors (Lipinski definition) is 2. The maximum absolute atomic E-state index is 10.6. The van der Waals surface area contributed by atoms with Crippen molar-refractivity contribution in [3.05, 3.63) is 18.1 Å². The summed E-state index contributed by atoms with van der Waals surface area (Å²) in [5.41, 5.74) is 0.282. The van der Waals surface area contributed by atoms with Crippen molar-refractivity contribution in [3.63, 3.8) is 0 Å². The van der Waals surface area contributed by atoms with Gasteiger partial charge in [0, 0.05) is 20.3 Å². The van der Waals surface area contributed by atoms with E-state index in [1.165, 1.54) is 25.2 Å². The lowest BCUT2D eigenvalue weighted by Gasteiger charge is -2.15. The predicted octanol–water partition coefficient (Wildman–Crippen LogP) is 1.40. The van der Waals surface area contributed by atoms with Gasteiger partial charge in [0.1, 0.15) is 5.82 Å². The first-order chi connectivity index (χ1) is 8.65. The second-order valence-electron chi connectivity index (χ2n) is 4.69. The topological polar surface area (TPSA) is 84.3 Å². The summed E-state index contributed by atoms with van der Waals surface area (Å²) in [6, 6.07) is 0. The van der Waals surface area contributed by atoms with Crippen LogP contribution in [-0.4, -0.2) is 41.3 Å². The van der Waals surface area contributed by atoms with Gasteiger partial charge in [-0.1, -0.05) is 0 Å². The van der Waals surface area contributed by atoms with Gasteiger partial charge in [-0.15, -0.1) is 0 Å². The van der Waals surface area contributed by atoms with Crippen LogP contribution in [0.25, 0.3) is 0 Å². The Morgan fingerprint density at radius 1 is 1.50 bits per heavy atom. The number of hydrogen-bond acceptors (Lipinski definition) is 5. The quantitative estimate of drug-likeness (QED) is 0.762. The molecule has 1 aliphatic rings. The van der Waals surface area contributed by atoms with Crippen LogP contribution in [0.2, 0.25) is 0 Å². The van der Waals surface area contributed by atoms with Gasteiger partial charge in [-0.3, -0.25) is 0 Å². The van der Waals surface area contributed by atoms with Crippen LogP contribution in [0.1, 0.15) is 29.8 Å². The second-order valence-corrected chi connectivity index (χ2v) is 4.69. The van der Waals surface area contributed by atoms with Crippen LogP contribution >= 0.6 is 0 Å². The maximum atomic E-state index is 10.6. The van der Waals surface area contributed by atoms with Crippen LogP contribution in [0.4, 0.5) is 5.82 Å². The molecule has 0 amide bonds. The Morgan fingerprint density at radius 2 is 2.28 bits per heavy atom. The summed E-state index contributed by atoms with van der Waals surface area (Å²) in [6.07, 6.45) is 6.15. The van der Waals surface area contributed by atoms with Crippen molar-refractivity contribution >= 4 is 11.8 Å². The van der Waals surface area contributed by atoms with Gasteiger partial charge in [0.25, 0.3) is 0 Å². The summed E-state index contributed by atoms with van der Waals surface area (Å²) in [7, 11) is 1.71. The Balaban J connectivity index is 1.85. The fraction of sp³-hybridized carbons (Fsp3) is 0.583. The third kappa shape index (κ3) is 3.16. The molecular weight excluding hydrogens is 234 g/mol. The van der Waals surface area contributed by atoms with Crippen LogP contribution < -0.4 is 5.32 Å². The average Bonchev–Trinajstić information content (AvgIpc) is 3.15. The van der Waals surface area contributed by atoms with E-state index in [2.05, 4.69) is 15.3 Å². The molecule has 2 N–H and O–H groups in total. The van der Waals surface area contributed by atoms with E-state index in [4.69, 9.17) is 9.84 Å². The van der Waals surface area contributed by atoms with E-state index < -0.39 is 5.97 Å². The molecule has 1 aromatic rings. The van der Waals surface area contributed by atoms with Crippen molar-refractivity contribution in [2.45, 2.75) is 19.3 Å². The number of aromatic carboxylic acids is 1. The first kappa shape index (κ1) is 12.8. The number of methoxy groups -OCH3 is 1. The Hall–Kier alpha value is -1.69. The smallest absolute Gasteiger partial charge is 0.356 e. The first-order valence-electron chi connectivity index (χ1n) is 5.93. The molecule has 0 bridgehead atoms. The van der Waals surface area contributed by atoms with Crippen molar-refractivity contribution in [3.8, 4) is 0 Å². The van der Waals surface area contributed by atoms with E-state index in [0.29, 0.717) is 11.2 Å². The minimum Gasteiger partial charge on any atom is -0.476 e. The summed E-state index contributed by atoms with van der Waals surface area (Å²) in [5, 5.41) is 11.9. The first-order valence-corrected chi connectivity index (χ1v) is 5.93. The van der Waals surface area contributed by atoms with Crippen LogP contribution in [0.15, 0.2) is 12.4 Å². The van der Waals surface area contributed by atoms with Crippen molar-refractivity contribution < 1.29 is 14.6 Å². The fourth-order valence-corrected chi connectivity index (χ4v) is 1.82. The van der Waals surface area contributed by atoms with Gasteiger partial charge in [0.2, 0.25) is 0 Å². The predicted molar refractivity (Wildman–Crippen MR) is 65.6 cm³/mol. The molecule has 1 aromatic heterocycles. The minimum absolute atomic E-state index is 0.0407. The van der Waals surface area contributed by atoms with E-state index in [0.717, 1.165) is 19.6 Å². The van der Waals surface area contributed by atoms with Crippen LogP contribution in [0.3, 0.4) is 0 Å². The van der Waals surface area contributed by atoms with Gasteiger partial charge in [0.05, 0.1) is 12.4 Å². The van der Waals surface area contributed by atoms with Crippen LogP contribution in [-0.2, 0) is 4.74 Å². The lowest BCUT2D eigenvalue weighted by molar-refractivity contribution is 0.0690. The number of carboxylic acid groups (broad SMARTS) is 1. The van der Waals surface area contributed by atoms with E-state index in [1.807, 2.05) is 0 Å². The molecule has 0 saturated heterocycles. The number of anilines is 1. The lowest BCUT2D eigenvalue weighted by Crippen LogP contribution is -2.18. The Morgan fingerprint density at radius 3 is 2.78 bits per heavy atom. The molecule has 98 valence electrons. The van der Waals surface area contributed by atoms with Crippen molar-refractivity contribution in [2.24, 2.45) is 5.41 Å². The molecule has 6 heteroatoms. The molecule has 2 rings (SSSR count). The zero-order valence-corrected chi connectivity index (χ0v) is 10.3. The minimum atomic E-state index is -1.06. The highest BCUT2D eigenvalue weighted by molar-refractivity contribution is 5.84. The van der Waals surface area contributed by atoms with Crippen molar-refractivity contribution in [1.82, 2.24) is 9.97 Å². The number of aromatic nitrogens is 2. The van der Waals surface area contributed by atoms with Crippen LogP contribution in [0.5, 0.6) is 0 Å². The molecule has 18 heavy (non-hydrogen) atoms. The van der Waals surface area contributed by atoms with Gasteiger partial charge < -0.3 is 15.2 Å². The monoisotopic (exact) mass is 251 g/mol. The highest BCUT2D eigenvalue weighted by Gasteiger charge is 2.41. The Kier molecular flexibility index (Phi) is 3.76. The number of nitrogens with one attached hydrogen (secondary N) is 1.